The number of nitrogens with two attached hydrogens (primary N) is 1. The van der Waals surface area contributed by atoms with Crippen LogP contribution in [0.2, 0.25) is 0 Å². The van der Waals surface area contributed by atoms with Crippen molar-refractivity contribution in [1.82, 2.24) is 5.43 Å². The van der Waals surface area contributed by atoms with Crippen LogP contribution in [0, 0.1) is 0 Å². The first-order chi connectivity index (χ1) is 9.79. The van der Waals surface area contributed by atoms with Crippen LogP contribution >= 0.6 is 0 Å². The fraction of sp³-hybridized carbons (Fsp3) is 0.500. The molecule has 1 aromatic carbocycles. The minimum Gasteiger partial charge on any atom is -0.385 e. The van der Waals surface area contributed by atoms with Crippen molar-refractivity contribution in [2.45, 2.75) is 13.0 Å². The molecule has 0 saturated heterocycles. The molecule has 0 bridgehead atoms. The van der Waals surface area contributed by atoms with Crippen molar-refractivity contribution in [3.63, 3.8) is 0 Å². The molecular weight excluding hydrogens is 260 g/mol. The molecule has 0 fully saturated rings. The highest BCUT2D eigenvalue weighted by atomic mass is 16.5. The molecule has 112 valence electrons. The summed E-state index contributed by atoms with van der Waals surface area (Å²) in [5, 5.41) is 0. The van der Waals surface area contributed by atoms with E-state index < -0.39 is 0 Å². The van der Waals surface area contributed by atoms with E-state index >= 15 is 0 Å². The van der Waals surface area contributed by atoms with Crippen molar-refractivity contribution >= 4 is 5.91 Å². The van der Waals surface area contributed by atoms with Crippen LogP contribution in [0.3, 0.4) is 0 Å². The predicted octanol–water partition coefficient (Wildman–Crippen LogP) is 0.860. The Balaban J connectivity index is 2.23. The molecule has 0 spiro atoms. The van der Waals surface area contributed by atoms with Gasteiger partial charge in [-0.2, -0.15) is 0 Å². The average Bonchev–Trinajstić information content (AvgIpc) is 2.49. The van der Waals surface area contributed by atoms with Crippen LogP contribution in [0.5, 0.6) is 0 Å². The zero-order valence-corrected chi connectivity index (χ0v) is 11.8. The summed E-state index contributed by atoms with van der Waals surface area (Å²) in [5.41, 5.74) is 3.45. The third-order valence-electron chi connectivity index (χ3n) is 2.66. The predicted molar refractivity (Wildman–Crippen MR) is 75.1 cm³/mol. The van der Waals surface area contributed by atoms with Gasteiger partial charge in [0.2, 0.25) is 0 Å². The fourth-order valence-electron chi connectivity index (χ4n) is 1.65. The molecule has 0 aliphatic carbocycles. The zero-order valence-electron chi connectivity index (χ0n) is 11.8. The van der Waals surface area contributed by atoms with Gasteiger partial charge >= 0.3 is 0 Å². The van der Waals surface area contributed by atoms with E-state index in [0.29, 0.717) is 38.6 Å². The van der Waals surface area contributed by atoms with Crippen LogP contribution in [0.15, 0.2) is 24.3 Å². The summed E-state index contributed by atoms with van der Waals surface area (Å²) in [6.45, 7) is 2.71. The lowest BCUT2D eigenvalue weighted by Gasteiger charge is -2.09. The number of hydrazine groups is 1. The summed E-state index contributed by atoms with van der Waals surface area (Å²) in [5.74, 6) is 4.82. The lowest BCUT2D eigenvalue weighted by Crippen LogP contribution is -2.30. The highest BCUT2D eigenvalue weighted by molar-refractivity contribution is 5.95. The minimum atomic E-state index is -0.319. The number of rotatable bonds is 10. The van der Waals surface area contributed by atoms with E-state index in [-0.39, 0.29) is 5.91 Å². The Morgan fingerprint density at radius 1 is 1.15 bits per heavy atom. The van der Waals surface area contributed by atoms with Gasteiger partial charge in [-0.25, -0.2) is 5.84 Å². The summed E-state index contributed by atoms with van der Waals surface area (Å²) >= 11 is 0. The second-order valence-corrected chi connectivity index (χ2v) is 4.14. The number of methoxy groups -OCH3 is 1. The van der Waals surface area contributed by atoms with Gasteiger partial charge in [-0.05, 0) is 18.1 Å². The van der Waals surface area contributed by atoms with Crippen molar-refractivity contribution < 1.29 is 19.0 Å². The molecule has 1 aromatic rings. The summed E-state index contributed by atoms with van der Waals surface area (Å²) in [6.07, 6.45) is 0.871. The third-order valence-corrected chi connectivity index (χ3v) is 2.66. The molecule has 0 aliphatic rings. The number of carbonyl (C=O) groups is 1. The monoisotopic (exact) mass is 282 g/mol. The molecule has 0 unspecified atom stereocenters. The molecule has 6 heteroatoms. The Morgan fingerprint density at radius 2 is 1.90 bits per heavy atom. The van der Waals surface area contributed by atoms with E-state index in [1.54, 1.807) is 19.2 Å². The summed E-state index contributed by atoms with van der Waals surface area (Å²) in [7, 11) is 1.66. The molecule has 0 radical (unpaired) electrons. The highest BCUT2D eigenvalue weighted by Gasteiger charge is 2.08. The first-order valence-corrected chi connectivity index (χ1v) is 6.53. The largest absolute Gasteiger partial charge is 0.385 e. The van der Waals surface area contributed by atoms with E-state index in [9.17, 15) is 4.79 Å². The quantitative estimate of drug-likeness (QED) is 0.288. The van der Waals surface area contributed by atoms with E-state index in [0.717, 1.165) is 12.0 Å². The number of hydrogen-bond donors (Lipinski definition) is 2. The van der Waals surface area contributed by atoms with Crippen LogP contribution < -0.4 is 11.3 Å². The first kappa shape index (κ1) is 16.6. The zero-order chi connectivity index (χ0) is 14.6. The summed E-state index contributed by atoms with van der Waals surface area (Å²) in [4.78, 5) is 11.5. The van der Waals surface area contributed by atoms with E-state index in [4.69, 9.17) is 20.1 Å². The van der Waals surface area contributed by atoms with Gasteiger partial charge in [0.25, 0.3) is 5.91 Å². The molecule has 20 heavy (non-hydrogen) atoms. The second kappa shape index (κ2) is 10.3. The van der Waals surface area contributed by atoms with Crippen molar-refractivity contribution in [3.8, 4) is 0 Å². The van der Waals surface area contributed by atoms with Gasteiger partial charge in [0.15, 0.2) is 0 Å². The lowest BCUT2D eigenvalue weighted by atomic mass is 10.1. The number of nitrogen functional groups attached to an aromatic ring is 1. The molecule has 1 amide bonds. The molecule has 0 aliphatic heterocycles. The molecule has 0 heterocycles. The Bertz CT molecular complexity index is 399. The van der Waals surface area contributed by atoms with Crippen molar-refractivity contribution in [1.29, 1.82) is 0 Å². The van der Waals surface area contributed by atoms with Crippen molar-refractivity contribution in [2.24, 2.45) is 5.84 Å². The second-order valence-electron chi connectivity index (χ2n) is 4.14. The van der Waals surface area contributed by atoms with Gasteiger partial charge in [0.1, 0.15) is 0 Å². The fourth-order valence-corrected chi connectivity index (χ4v) is 1.65. The van der Waals surface area contributed by atoms with Crippen molar-refractivity contribution in [3.05, 3.63) is 35.4 Å². The highest BCUT2D eigenvalue weighted by Crippen LogP contribution is 2.09. The molecule has 3 N–H and O–H groups in total. The smallest absolute Gasteiger partial charge is 0.265 e. The van der Waals surface area contributed by atoms with E-state index in [2.05, 4.69) is 5.43 Å². The number of benzene rings is 1. The molecule has 6 nitrogen and oxygen atoms in total. The van der Waals surface area contributed by atoms with Gasteiger partial charge in [-0.15, -0.1) is 0 Å². The van der Waals surface area contributed by atoms with Crippen LogP contribution in [0.1, 0.15) is 22.3 Å². The van der Waals surface area contributed by atoms with Crippen LogP contribution in [0.4, 0.5) is 0 Å². The Hall–Kier alpha value is -1.47. The molecule has 1 rings (SSSR count). The minimum absolute atomic E-state index is 0.319. The maximum Gasteiger partial charge on any atom is 0.265 e. The maximum absolute atomic E-state index is 11.5. The standard InChI is InChI=1S/C14H22N2O4/c1-18-7-4-8-19-9-10-20-11-12-5-2-3-6-13(12)14(17)16-15/h2-3,5-6H,4,7-11,15H2,1H3,(H,16,17). The number of carbonyl (C=O) groups excluding carboxylic acids is 1. The molecule has 0 saturated carbocycles. The Morgan fingerprint density at radius 3 is 2.65 bits per heavy atom. The maximum atomic E-state index is 11.5. The summed E-state index contributed by atoms with van der Waals surface area (Å²) in [6, 6.07) is 7.19. The van der Waals surface area contributed by atoms with E-state index in [1.807, 2.05) is 12.1 Å². The van der Waals surface area contributed by atoms with Crippen molar-refractivity contribution in [2.75, 3.05) is 33.5 Å². The van der Waals surface area contributed by atoms with Gasteiger partial charge < -0.3 is 14.2 Å². The molecular formula is C14H22N2O4. The van der Waals surface area contributed by atoms with Gasteiger partial charge in [-0.1, -0.05) is 18.2 Å². The molecule has 0 aromatic heterocycles. The SMILES string of the molecule is COCCCOCCOCc1ccccc1C(=O)NN. The number of amides is 1. The van der Waals surface area contributed by atoms with Gasteiger partial charge in [-0.3, -0.25) is 10.2 Å². The van der Waals surface area contributed by atoms with Crippen LogP contribution in [-0.4, -0.2) is 39.4 Å². The molecule has 0 atom stereocenters. The van der Waals surface area contributed by atoms with Crippen LogP contribution in [-0.2, 0) is 20.8 Å². The first-order valence-electron chi connectivity index (χ1n) is 6.53. The topological polar surface area (TPSA) is 82.8 Å². The van der Waals surface area contributed by atoms with Gasteiger partial charge in [0, 0.05) is 25.9 Å². The van der Waals surface area contributed by atoms with E-state index in [1.165, 1.54) is 0 Å². The Labute approximate surface area is 119 Å². The third kappa shape index (κ3) is 6.12. The number of hydrogen-bond acceptors (Lipinski definition) is 5. The number of nitrogens with one attached hydrogen (secondary N) is 1. The average molecular weight is 282 g/mol. The Kier molecular flexibility index (Phi) is 8.57. The summed E-state index contributed by atoms with van der Waals surface area (Å²) < 4.78 is 15.8. The number of ether oxygens (including phenoxy) is 3. The lowest BCUT2D eigenvalue weighted by molar-refractivity contribution is 0.0334. The normalized spacial score (nSPS) is 10.5. The van der Waals surface area contributed by atoms with Crippen LogP contribution in [0.25, 0.3) is 0 Å². The van der Waals surface area contributed by atoms with Gasteiger partial charge in [0.05, 0.1) is 19.8 Å².